The van der Waals surface area contributed by atoms with Crippen molar-refractivity contribution in [1.82, 2.24) is 0 Å². The van der Waals surface area contributed by atoms with Crippen molar-refractivity contribution in [2.45, 2.75) is 0 Å². The Morgan fingerprint density at radius 3 is 1.33 bits per heavy atom. The fourth-order valence-electron chi connectivity index (χ4n) is 1.35. The van der Waals surface area contributed by atoms with Gasteiger partial charge in [-0.15, -0.1) is 0 Å². The van der Waals surface area contributed by atoms with Crippen LogP contribution in [0.2, 0.25) is 0 Å². The second kappa shape index (κ2) is 7.61. The van der Waals surface area contributed by atoms with E-state index in [1.54, 1.807) is 60.7 Å². The molecule has 0 amide bonds. The molecule has 2 rings (SSSR count). The van der Waals surface area contributed by atoms with E-state index in [-0.39, 0.29) is 51.4 Å². The first-order valence-electron chi connectivity index (χ1n) is 5.14. The molecule has 0 saturated carbocycles. The first-order valence-corrected chi connectivity index (χ1v) is 5.14. The average Bonchev–Trinajstić information content (AvgIpc) is 2.40. The second-order valence-corrected chi connectivity index (χ2v) is 3.41. The topological polar surface area (TPSA) is 43.4 Å². The minimum atomic E-state index is -0.639. The second-order valence-electron chi connectivity index (χ2n) is 3.41. The van der Waals surface area contributed by atoms with Gasteiger partial charge in [-0.2, -0.15) is 0 Å². The molecule has 0 atom stereocenters. The number of carbonyl (C=O) groups excluding carboxylic acids is 2. The molecule has 0 fully saturated rings. The van der Waals surface area contributed by atoms with Gasteiger partial charge in [0.1, 0.15) is 0 Å². The Labute approximate surface area is 148 Å². The number of hydrogen-bond acceptors (Lipinski definition) is 3. The number of rotatable bonds is 2. The van der Waals surface area contributed by atoms with Gasteiger partial charge in [0.15, 0.2) is 0 Å². The van der Waals surface area contributed by atoms with Crippen LogP contribution < -0.4 is 0 Å². The monoisotopic (exact) mass is 266 g/mol. The molecule has 0 spiro atoms. The average molecular weight is 266 g/mol. The number of hydrogen-bond donors (Lipinski definition) is 0. The summed E-state index contributed by atoms with van der Waals surface area (Å²) in [4.78, 5) is 23.2. The zero-order valence-electron chi connectivity index (χ0n) is 9.00. The van der Waals surface area contributed by atoms with Gasteiger partial charge in [-0.3, -0.25) is 0 Å². The fourth-order valence-corrected chi connectivity index (χ4v) is 1.35. The Bertz CT molecular complexity index is 474. The molecule has 3 nitrogen and oxygen atoms in total. The quantitative estimate of drug-likeness (QED) is 0.474. The molecule has 0 heterocycles. The molecule has 0 N–H and O–H groups in total. The van der Waals surface area contributed by atoms with E-state index in [9.17, 15) is 9.59 Å². The Kier molecular flexibility index (Phi) is 6.46. The van der Waals surface area contributed by atoms with Crippen LogP contribution in [0.3, 0.4) is 0 Å². The first-order chi connectivity index (χ1) is 8.27. The Balaban J connectivity index is 0.00000162. The Morgan fingerprint density at radius 2 is 1.00 bits per heavy atom. The van der Waals surface area contributed by atoms with Gasteiger partial charge < -0.3 is 4.74 Å². The van der Waals surface area contributed by atoms with Crippen molar-refractivity contribution in [3.8, 4) is 0 Å². The van der Waals surface area contributed by atoms with Crippen LogP contribution in [0.1, 0.15) is 20.7 Å². The SMILES string of the molecule is O=C(OC(=O)c1ccccc1)c1ccccc1.[KH]. The standard InChI is InChI=1S/C14H10O3.K.H/c15-13(11-7-3-1-4-8-11)17-14(16)12-9-5-2-6-10-12;;/h1-10H;;. The number of ether oxygens (including phenoxy) is 1. The van der Waals surface area contributed by atoms with Gasteiger partial charge >= 0.3 is 63.3 Å². The van der Waals surface area contributed by atoms with E-state index in [1.165, 1.54) is 0 Å². The molecular weight excluding hydrogens is 255 g/mol. The molecule has 0 aliphatic heterocycles. The fraction of sp³-hybridized carbons (Fsp3) is 0. The molecule has 18 heavy (non-hydrogen) atoms. The maximum atomic E-state index is 11.6. The third-order valence-corrected chi connectivity index (χ3v) is 2.20. The minimum absolute atomic E-state index is 0. The van der Waals surface area contributed by atoms with E-state index in [2.05, 4.69) is 0 Å². The summed E-state index contributed by atoms with van der Waals surface area (Å²) in [6.07, 6.45) is 0. The van der Waals surface area contributed by atoms with Crippen molar-refractivity contribution in [2.75, 3.05) is 0 Å². The number of esters is 2. The van der Waals surface area contributed by atoms with Gasteiger partial charge in [-0.25, -0.2) is 9.59 Å². The summed E-state index contributed by atoms with van der Waals surface area (Å²) in [5.74, 6) is -1.28. The van der Waals surface area contributed by atoms with Crippen molar-refractivity contribution < 1.29 is 14.3 Å². The molecule has 0 unspecified atom stereocenters. The molecule has 2 aromatic rings. The van der Waals surface area contributed by atoms with Crippen LogP contribution in [0.25, 0.3) is 0 Å². The molecule has 86 valence electrons. The molecule has 4 heteroatoms. The molecule has 0 aliphatic carbocycles. The molecule has 2 aromatic carbocycles. The van der Waals surface area contributed by atoms with E-state index in [0.29, 0.717) is 11.1 Å². The first kappa shape index (κ1) is 15.3. The van der Waals surface area contributed by atoms with E-state index in [0.717, 1.165) is 0 Å². The summed E-state index contributed by atoms with van der Waals surface area (Å²) in [5, 5.41) is 0. The maximum absolute atomic E-state index is 11.6. The molecule has 0 bridgehead atoms. The van der Waals surface area contributed by atoms with E-state index < -0.39 is 11.9 Å². The van der Waals surface area contributed by atoms with Crippen molar-refractivity contribution in [3.05, 3.63) is 71.8 Å². The number of benzene rings is 2. The van der Waals surface area contributed by atoms with Crippen LogP contribution >= 0.6 is 0 Å². The van der Waals surface area contributed by atoms with Gasteiger partial charge in [0.2, 0.25) is 0 Å². The van der Waals surface area contributed by atoms with E-state index in [1.807, 2.05) is 0 Å². The zero-order chi connectivity index (χ0) is 12.1. The molecule has 0 saturated heterocycles. The predicted molar refractivity (Wildman–Crippen MR) is 69.8 cm³/mol. The normalized spacial score (nSPS) is 9.11. The summed E-state index contributed by atoms with van der Waals surface area (Å²) < 4.78 is 4.74. The molecule has 0 aromatic heterocycles. The predicted octanol–water partition coefficient (Wildman–Crippen LogP) is 2.04. The van der Waals surface area contributed by atoms with Gasteiger partial charge in [0, 0.05) is 0 Å². The Hall–Kier alpha value is -0.784. The molecule has 0 radical (unpaired) electrons. The summed E-state index contributed by atoms with van der Waals surface area (Å²) in [6.45, 7) is 0. The summed E-state index contributed by atoms with van der Waals surface area (Å²) in [6, 6.07) is 16.8. The Morgan fingerprint density at radius 1 is 0.667 bits per heavy atom. The summed E-state index contributed by atoms with van der Waals surface area (Å²) in [7, 11) is 0. The third-order valence-electron chi connectivity index (χ3n) is 2.20. The van der Waals surface area contributed by atoms with Crippen molar-refractivity contribution >= 4 is 63.3 Å². The molecular formula is C14H11KO3. The van der Waals surface area contributed by atoms with Crippen molar-refractivity contribution in [1.29, 1.82) is 0 Å². The van der Waals surface area contributed by atoms with Crippen LogP contribution in [0.4, 0.5) is 0 Å². The van der Waals surface area contributed by atoms with Gasteiger partial charge in [0.05, 0.1) is 11.1 Å². The zero-order valence-corrected chi connectivity index (χ0v) is 9.00. The van der Waals surface area contributed by atoms with Crippen LogP contribution in [0.15, 0.2) is 60.7 Å². The van der Waals surface area contributed by atoms with E-state index in [4.69, 9.17) is 4.74 Å². The van der Waals surface area contributed by atoms with Crippen molar-refractivity contribution in [3.63, 3.8) is 0 Å². The van der Waals surface area contributed by atoms with Gasteiger partial charge in [-0.05, 0) is 24.3 Å². The third kappa shape index (κ3) is 4.15. The van der Waals surface area contributed by atoms with Gasteiger partial charge in [-0.1, -0.05) is 36.4 Å². The summed E-state index contributed by atoms with van der Waals surface area (Å²) >= 11 is 0. The van der Waals surface area contributed by atoms with Crippen molar-refractivity contribution in [2.24, 2.45) is 0 Å². The van der Waals surface area contributed by atoms with Crippen LogP contribution in [0.5, 0.6) is 0 Å². The van der Waals surface area contributed by atoms with Crippen LogP contribution in [0, 0.1) is 0 Å². The van der Waals surface area contributed by atoms with Crippen LogP contribution in [-0.4, -0.2) is 63.3 Å². The summed E-state index contributed by atoms with van der Waals surface area (Å²) in [5.41, 5.74) is 0.716. The molecule has 0 aliphatic rings. The van der Waals surface area contributed by atoms with Gasteiger partial charge in [0.25, 0.3) is 0 Å². The number of carbonyl (C=O) groups is 2. The van der Waals surface area contributed by atoms with E-state index >= 15 is 0 Å². The van der Waals surface area contributed by atoms with Crippen LogP contribution in [-0.2, 0) is 4.74 Å².